The molecule has 5 aromatic rings. The Balaban J connectivity index is 0.751. The summed E-state index contributed by atoms with van der Waals surface area (Å²) in [6.45, 7) is 8.79. The van der Waals surface area contributed by atoms with Crippen molar-refractivity contribution in [3.8, 4) is 28.6 Å². The lowest BCUT2D eigenvalue weighted by Crippen LogP contribution is -2.45. The third-order valence-corrected chi connectivity index (χ3v) is 12.9. The standard InChI is InChI=1S/C50H53N7O8/c1-31-52-54-48(55-53-31)32-10-13-36(14-11-32)64-27-26-63-25-24-62-23-22-61-21-16-51-49(58)35-12-15-37(40(30-35)50(59)60)43-41-28-33-6-2-17-56-19-4-8-38(44(33)56)46(41)65-47-39-9-5-20-57-18-3-7-34(45(39)57)29-42(43)47/h10-15,28-30H,2-9,16-27H2,1H3,(H-,51,58,59,60)/p+1. The van der Waals surface area contributed by atoms with Gasteiger partial charge >= 0.3 is 5.97 Å². The highest BCUT2D eigenvalue weighted by Gasteiger charge is 2.36. The van der Waals surface area contributed by atoms with Gasteiger partial charge in [0.25, 0.3) is 5.91 Å². The molecule has 65 heavy (non-hydrogen) atoms. The number of carbonyl (C=O) groups is 2. The fourth-order valence-corrected chi connectivity index (χ4v) is 10.1. The van der Waals surface area contributed by atoms with E-state index in [1.807, 2.05) is 30.3 Å². The smallest absolute Gasteiger partial charge is 0.336 e. The highest BCUT2D eigenvalue weighted by Crippen LogP contribution is 2.49. The molecule has 1 aromatic heterocycles. The van der Waals surface area contributed by atoms with E-state index in [0.29, 0.717) is 62.6 Å². The van der Waals surface area contributed by atoms with Crippen LogP contribution < -0.4 is 34.8 Å². The molecule has 0 spiro atoms. The maximum absolute atomic E-state index is 13.5. The van der Waals surface area contributed by atoms with Crippen LogP contribution in [0.5, 0.6) is 17.2 Å². The van der Waals surface area contributed by atoms with Crippen LogP contribution in [0.3, 0.4) is 0 Å². The van der Waals surface area contributed by atoms with Crippen LogP contribution in [0, 0.1) is 6.92 Å². The Morgan fingerprint density at radius 3 is 2.20 bits per heavy atom. The zero-order valence-corrected chi connectivity index (χ0v) is 36.8. The summed E-state index contributed by atoms with van der Waals surface area (Å²) in [5.74, 6) is 1.97. The number of aromatic nitrogens is 4. The molecule has 0 bridgehead atoms. The van der Waals surface area contributed by atoms with Gasteiger partial charge in [0.05, 0.1) is 50.8 Å². The van der Waals surface area contributed by atoms with E-state index in [9.17, 15) is 14.7 Å². The number of aromatic carboxylic acids is 1. The predicted molar refractivity (Wildman–Crippen MR) is 242 cm³/mol. The Bertz CT molecular complexity index is 2750. The molecule has 0 radical (unpaired) electrons. The molecule has 0 fully saturated rings. The molecule has 0 aliphatic carbocycles. The first-order valence-corrected chi connectivity index (χ1v) is 23.0. The highest BCUT2D eigenvalue weighted by atomic mass is 16.6. The average molecular weight is 881 g/mol. The van der Waals surface area contributed by atoms with Crippen molar-refractivity contribution in [2.24, 2.45) is 0 Å². The number of hydrogen-bond donors (Lipinski definition) is 2. The minimum Gasteiger partial charge on any atom is -0.491 e. The number of ether oxygens (including phenoxy) is 5. The summed E-state index contributed by atoms with van der Waals surface area (Å²) in [5, 5.41) is 31.9. The molecule has 6 heterocycles. The normalized spacial score (nSPS) is 15.6. The van der Waals surface area contributed by atoms with E-state index < -0.39 is 5.97 Å². The minimum absolute atomic E-state index is 0.0911. The van der Waals surface area contributed by atoms with Crippen molar-refractivity contribution in [1.29, 1.82) is 0 Å². The topological polar surface area (TPSA) is 170 Å². The average Bonchev–Trinajstić information content (AvgIpc) is 3.33. The zero-order valence-electron chi connectivity index (χ0n) is 36.8. The lowest BCUT2D eigenvalue weighted by atomic mass is 9.81. The Labute approximate surface area is 377 Å². The van der Waals surface area contributed by atoms with Crippen LogP contribution in [0.25, 0.3) is 17.0 Å². The summed E-state index contributed by atoms with van der Waals surface area (Å²) in [7, 11) is 0. The van der Waals surface area contributed by atoms with Gasteiger partial charge in [-0.05, 0) is 105 Å². The van der Waals surface area contributed by atoms with Gasteiger partial charge in [0, 0.05) is 76.8 Å². The maximum Gasteiger partial charge on any atom is 0.336 e. The molecule has 0 atom stereocenters. The fraction of sp³-hybridized carbons (Fsp3) is 0.420. The van der Waals surface area contributed by atoms with E-state index in [1.165, 1.54) is 39.4 Å². The summed E-state index contributed by atoms with van der Waals surface area (Å²) < 4.78 is 32.3. The van der Waals surface area contributed by atoms with Gasteiger partial charge in [0.2, 0.25) is 11.2 Å². The van der Waals surface area contributed by atoms with Crippen LogP contribution in [-0.4, -0.2) is 116 Å². The third kappa shape index (κ3) is 8.79. The predicted octanol–water partition coefficient (Wildman–Crippen LogP) is 4.23. The van der Waals surface area contributed by atoms with E-state index in [0.717, 1.165) is 111 Å². The molecule has 2 N–H and O–H groups in total. The second kappa shape index (κ2) is 19.0. The number of nitrogens with one attached hydrogen (secondary N) is 1. The molecule has 15 heteroatoms. The SMILES string of the molecule is Cc1nnc(-c2ccc(OCCOCCOCCOCCNC(=O)c3ccc(C4=c5cc6c7c(c5Oc5c4cc4c8c5CCCN8CCC4)CCC[N+]=7CCC6)c(C(=O)O)c3)cc2)nn1. The van der Waals surface area contributed by atoms with E-state index >= 15 is 0 Å². The summed E-state index contributed by atoms with van der Waals surface area (Å²) >= 11 is 0. The largest absolute Gasteiger partial charge is 0.491 e. The number of rotatable bonds is 17. The number of fused-ring (bicyclic) bond motifs is 4. The van der Waals surface area contributed by atoms with Crippen molar-refractivity contribution < 1.29 is 38.4 Å². The molecule has 0 saturated carbocycles. The number of benzene rings is 4. The molecular weight excluding hydrogens is 827 g/mol. The maximum atomic E-state index is 13.5. The zero-order chi connectivity index (χ0) is 44.3. The van der Waals surface area contributed by atoms with Gasteiger partial charge in [-0.3, -0.25) is 4.79 Å². The Kier molecular flexibility index (Phi) is 12.5. The van der Waals surface area contributed by atoms with Crippen molar-refractivity contribution in [3.63, 3.8) is 0 Å². The second-order valence-corrected chi connectivity index (χ2v) is 17.1. The van der Waals surface area contributed by atoms with Gasteiger partial charge in [-0.1, -0.05) is 6.07 Å². The van der Waals surface area contributed by atoms with Crippen LogP contribution in [-0.2, 0) is 39.9 Å². The summed E-state index contributed by atoms with van der Waals surface area (Å²) in [4.78, 5) is 29.2. The van der Waals surface area contributed by atoms with Crippen molar-refractivity contribution in [1.82, 2.24) is 30.3 Å². The van der Waals surface area contributed by atoms with Gasteiger partial charge < -0.3 is 39.0 Å². The molecule has 10 rings (SSSR count). The lowest BCUT2D eigenvalue weighted by molar-refractivity contribution is 0.00988. The van der Waals surface area contributed by atoms with Gasteiger partial charge in [0.15, 0.2) is 5.82 Å². The van der Waals surface area contributed by atoms with Gasteiger partial charge in [-0.15, -0.1) is 20.4 Å². The van der Waals surface area contributed by atoms with Crippen molar-refractivity contribution in [2.45, 2.75) is 58.3 Å². The van der Waals surface area contributed by atoms with Crippen LogP contribution >= 0.6 is 0 Å². The number of carbonyl (C=O) groups excluding carboxylic acids is 1. The molecule has 336 valence electrons. The van der Waals surface area contributed by atoms with E-state index in [2.05, 4.69) is 47.3 Å². The number of nitrogens with zero attached hydrogens (tertiary/aromatic N) is 6. The first-order chi connectivity index (χ1) is 31.9. The number of aryl methyl sites for hydroxylation is 3. The molecule has 0 unspecified atom stereocenters. The molecule has 15 nitrogen and oxygen atoms in total. The second-order valence-electron chi connectivity index (χ2n) is 17.1. The monoisotopic (exact) mass is 880 g/mol. The number of hydrogen-bond acceptors (Lipinski definition) is 12. The molecule has 1 amide bonds. The number of carboxylic acids is 1. The summed E-state index contributed by atoms with van der Waals surface area (Å²) in [5.41, 5.74) is 10.0. The highest BCUT2D eigenvalue weighted by molar-refractivity contribution is 6.03. The van der Waals surface area contributed by atoms with Crippen molar-refractivity contribution >= 4 is 23.1 Å². The first-order valence-electron chi connectivity index (χ1n) is 23.0. The molecule has 0 saturated heterocycles. The number of anilines is 1. The fourth-order valence-electron chi connectivity index (χ4n) is 10.1. The van der Waals surface area contributed by atoms with Crippen molar-refractivity contribution in [3.05, 3.63) is 116 Å². The van der Waals surface area contributed by atoms with Crippen LogP contribution in [0.1, 0.15) is 85.6 Å². The van der Waals surface area contributed by atoms with Crippen LogP contribution in [0.4, 0.5) is 5.69 Å². The number of carboxylic acid groups (broad SMARTS) is 1. The van der Waals surface area contributed by atoms with Gasteiger partial charge in [-0.25, -0.2) is 9.37 Å². The first kappa shape index (κ1) is 42.6. The third-order valence-electron chi connectivity index (χ3n) is 12.9. The Morgan fingerprint density at radius 1 is 0.738 bits per heavy atom. The molecule has 4 aromatic carbocycles. The van der Waals surface area contributed by atoms with E-state index in [1.54, 1.807) is 13.0 Å². The summed E-state index contributed by atoms with van der Waals surface area (Å²) in [6.07, 6.45) is 8.08. The van der Waals surface area contributed by atoms with Crippen LogP contribution in [0.2, 0.25) is 0 Å². The molecule has 5 aliphatic rings. The number of amides is 1. The van der Waals surface area contributed by atoms with Gasteiger partial charge in [-0.2, -0.15) is 0 Å². The van der Waals surface area contributed by atoms with E-state index in [-0.39, 0.29) is 30.2 Å². The molecular formula is C50H54N7O8+. The quantitative estimate of drug-likeness (QED) is 0.0987. The Morgan fingerprint density at radius 2 is 1.43 bits per heavy atom. The lowest BCUT2D eigenvalue weighted by Gasteiger charge is -2.39. The minimum atomic E-state index is -1.08. The van der Waals surface area contributed by atoms with Crippen molar-refractivity contribution in [2.75, 3.05) is 83.9 Å². The van der Waals surface area contributed by atoms with Gasteiger partial charge in [0.1, 0.15) is 36.9 Å². The Hall–Kier alpha value is -6.29. The molecule has 5 aliphatic heterocycles. The summed E-state index contributed by atoms with van der Waals surface area (Å²) in [6, 6.07) is 17.0. The van der Waals surface area contributed by atoms with E-state index in [4.69, 9.17) is 23.7 Å². The van der Waals surface area contributed by atoms with Crippen LogP contribution in [0.15, 0.2) is 54.6 Å².